The van der Waals surface area contributed by atoms with E-state index in [-0.39, 0.29) is 24.4 Å². The van der Waals surface area contributed by atoms with Crippen molar-refractivity contribution in [2.75, 3.05) is 18.4 Å². The largest absolute Gasteiger partial charge is 0.459 e. The number of pyridine rings is 1. The van der Waals surface area contributed by atoms with Gasteiger partial charge >= 0.3 is 0 Å². The number of amides is 2. The van der Waals surface area contributed by atoms with Gasteiger partial charge in [0.1, 0.15) is 5.69 Å². The highest BCUT2D eigenvalue weighted by Crippen LogP contribution is 2.45. The number of ether oxygens (including phenoxy) is 1. The van der Waals surface area contributed by atoms with Crippen molar-refractivity contribution in [3.05, 3.63) is 53.2 Å². The van der Waals surface area contributed by atoms with E-state index in [4.69, 9.17) is 4.74 Å². The molecule has 2 atom stereocenters. The second-order valence-corrected chi connectivity index (χ2v) is 8.63. The van der Waals surface area contributed by atoms with Crippen LogP contribution in [0, 0.1) is 0 Å². The van der Waals surface area contributed by atoms with Crippen LogP contribution in [0.5, 0.6) is 5.88 Å². The number of aromatic nitrogens is 1. The molecule has 8 nitrogen and oxygen atoms in total. The van der Waals surface area contributed by atoms with E-state index in [1.807, 2.05) is 13.0 Å². The molecule has 2 amide bonds. The fourth-order valence-corrected chi connectivity index (χ4v) is 4.24. The fraction of sp³-hybridized carbons (Fsp3) is 0.435. The molecule has 0 saturated heterocycles. The Morgan fingerprint density at radius 1 is 1.35 bits per heavy atom. The summed E-state index contributed by atoms with van der Waals surface area (Å²) in [5.74, 6) is -0.203. The van der Waals surface area contributed by atoms with Gasteiger partial charge in [-0.05, 0) is 30.5 Å². The number of hydrogen-bond donors (Lipinski definition) is 3. The smallest absolute Gasteiger partial charge is 0.268 e. The Morgan fingerprint density at radius 3 is 2.90 bits per heavy atom. The summed E-state index contributed by atoms with van der Waals surface area (Å²) in [4.78, 5) is 31.2. The van der Waals surface area contributed by atoms with Crippen LogP contribution in [-0.4, -0.2) is 57.6 Å². The summed E-state index contributed by atoms with van der Waals surface area (Å²) in [7, 11) is 0. The maximum Gasteiger partial charge on any atom is 0.268 e. The van der Waals surface area contributed by atoms with Crippen LogP contribution in [0.3, 0.4) is 0 Å². The molecule has 3 heterocycles. The molecule has 1 aromatic heterocycles. The van der Waals surface area contributed by atoms with Gasteiger partial charge in [0.2, 0.25) is 5.88 Å². The number of aliphatic hydroxyl groups excluding tert-OH is 1. The van der Waals surface area contributed by atoms with Gasteiger partial charge in [-0.15, -0.1) is 0 Å². The topological polar surface area (TPSA) is 104 Å². The van der Waals surface area contributed by atoms with Crippen molar-refractivity contribution in [3.63, 3.8) is 0 Å². The zero-order valence-electron chi connectivity index (χ0n) is 17.4. The number of aliphatic hydroxyl groups is 1. The van der Waals surface area contributed by atoms with E-state index in [0.29, 0.717) is 30.0 Å². The van der Waals surface area contributed by atoms with E-state index in [9.17, 15) is 14.7 Å². The van der Waals surface area contributed by atoms with E-state index >= 15 is 0 Å². The molecule has 162 valence electrons. The molecule has 1 saturated carbocycles. The minimum absolute atomic E-state index is 0.0993. The van der Waals surface area contributed by atoms with Crippen molar-refractivity contribution in [2.24, 2.45) is 0 Å². The molecule has 0 radical (unpaired) electrons. The van der Waals surface area contributed by atoms with Crippen molar-refractivity contribution >= 4 is 17.5 Å². The van der Waals surface area contributed by atoms with Crippen molar-refractivity contribution in [1.82, 2.24) is 15.2 Å². The first-order valence-electron chi connectivity index (χ1n) is 10.7. The predicted molar refractivity (Wildman–Crippen MR) is 114 cm³/mol. The van der Waals surface area contributed by atoms with Crippen LogP contribution in [0.15, 0.2) is 36.5 Å². The summed E-state index contributed by atoms with van der Waals surface area (Å²) < 4.78 is 5.70. The van der Waals surface area contributed by atoms with Crippen LogP contribution in [-0.2, 0) is 17.8 Å². The summed E-state index contributed by atoms with van der Waals surface area (Å²) >= 11 is 0. The number of nitrogens with one attached hydrogen (secondary N) is 2. The number of carbonyl (C=O) groups is 2. The maximum absolute atomic E-state index is 12.6. The van der Waals surface area contributed by atoms with Crippen molar-refractivity contribution in [1.29, 1.82) is 0 Å². The number of hydrogen-bond acceptors (Lipinski definition) is 6. The normalized spacial score (nSPS) is 20.6. The van der Waals surface area contributed by atoms with Crippen LogP contribution in [0.2, 0.25) is 0 Å². The van der Waals surface area contributed by atoms with Crippen LogP contribution in [0.4, 0.5) is 5.69 Å². The average Bonchev–Trinajstić information content (AvgIpc) is 3.57. The standard InChI is InChI=1S/C23H26N4O4/c1-14(27-9-6-15-4-2-3-5-16(15)13-27)19(28)12-24-20(29)17-10-18-21(25-11-17)31-23(7-8-23)22(30)26-18/h2-5,10-11,14,19,28H,6-9,12-13H2,1H3,(H,24,29)(H,26,30). The first kappa shape index (κ1) is 20.0. The van der Waals surface area contributed by atoms with Gasteiger partial charge in [0.15, 0.2) is 5.60 Å². The summed E-state index contributed by atoms with van der Waals surface area (Å²) in [6.45, 7) is 3.77. The Kier molecular flexibility index (Phi) is 4.91. The quantitative estimate of drug-likeness (QED) is 0.675. The van der Waals surface area contributed by atoms with Gasteiger partial charge in [-0.25, -0.2) is 4.98 Å². The minimum atomic E-state index is -0.765. The van der Waals surface area contributed by atoms with Gasteiger partial charge in [-0.2, -0.15) is 0 Å². The van der Waals surface area contributed by atoms with Gasteiger partial charge < -0.3 is 20.5 Å². The molecule has 8 heteroatoms. The Hall–Kier alpha value is -2.97. The molecule has 1 aliphatic carbocycles. The van der Waals surface area contributed by atoms with E-state index in [1.54, 1.807) is 6.07 Å². The number of nitrogens with zero attached hydrogens (tertiary/aromatic N) is 2. The third-order valence-corrected chi connectivity index (χ3v) is 6.54. The number of fused-ring (bicyclic) bond motifs is 2. The summed E-state index contributed by atoms with van der Waals surface area (Å²) in [5, 5.41) is 16.2. The molecule has 31 heavy (non-hydrogen) atoms. The lowest BCUT2D eigenvalue weighted by Gasteiger charge is -2.36. The monoisotopic (exact) mass is 422 g/mol. The highest BCUT2D eigenvalue weighted by atomic mass is 16.5. The van der Waals surface area contributed by atoms with Crippen LogP contribution in [0.25, 0.3) is 0 Å². The van der Waals surface area contributed by atoms with E-state index in [1.165, 1.54) is 17.3 Å². The SMILES string of the molecule is CC(C(O)CNC(=O)c1cnc2c(c1)NC(=O)C1(CC1)O2)N1CCc2ccccc2C1. The zero-order valence-corrected chi connectivity index (χ0v) is 17.4. The molecule has 1 aromatic carbocycles. The Labute approximate surface area is 180 Å². The molecule has 0 bridgehead atoms. The van der Waals surface area contributed by atoms with Crippen LogP contribution < -0.4 is 15.4 Å². The Morgan fingerprint density at radius 2 is 2.13 bits per heavy atom. The van der Waals surface area contributed by atoms with Gasteiger partial charge in [-0.1, -0.05) is 24.3 Å². The first-order valence-corrected chi connectivity index (χ1v) is 10.7. The molecule has 2 unspecified atom stereocenters. The number of rotatable bonds is 5. The summed E-state index contributed by atoms with van der Waals surface area (Å²) in [5.41, 5.74) is 2.59. The zero-order chi connectivity index (χ0) is 21.6. The van der Waals surface area contributed by atoms with Crippen LogP contribution >= 0.6 is 0 Å². The summed E-state index contributed by atoms with van der Waals surface area (Å²) in [6.07, 6.45) is 3.04. The number of benzene rings is 1. The first-order chi connectivity index (χ1) is 14.9. The van der Waals surface area contributed by atoms with Gasteiger partial charge in [0.25, 0.3) is 11.8 Å². The predicted octanol–water partition coefficient (Wildman–Crippen LogP) is 1.48. The van der Waals surface area contributed by atoms with Gasteiger partial charge in [0.05, 0.1) is 11.7 Å². The maximum atomic E-state index is 12.6. The second-order valence-electron chi connectivity index (χ2n) is 8.63. The fourth-order valence-electron chi connectivity index (χ4n) is 4.24. The van der Waals surface area contributed by atoms with E-state index in [0.717, 1.165) is 19.5 Å². The van der Waals surface area contributed by atoms with Crippen molar-refractivity contribution in [2.45, 2.75) is 50.5 Å². The van der Waals surface area contributed by atoms with E-state index < -0.39 is 11.7 Å². The number of anilines is 1. The molecule has 1 fully saturated rings. The summed E-state index contributed by atoms with van der Waals surface area (Å²) in [6, 6.07) is 9.82. The lowest BCUT2D eigenvalue weighted by atomic mass is 9.98. The highest BCUT2D eigenvalue weighted by molar-refractivity contribution is 6.03. The molecule has 1 spiro atoms. The van der Waals surface area contributed by atoms with E-state index in [2.05, 4.69) is 38.7 Å². The van der Waals surface area contributed by atoms with Crippen molar-refractivity contribution < 1.29 is 19.4 Å². The van der Waals surface area contributed by atoms with Crippen molar-refractivity contribution in [3.8, 4) is 5.88 Å². The molecular weight excluding hydrogens is 396 g/mol. The third-order valence-electron chi connectivity index (χ3n) is 6.54. The second kappa shape index (κ2) is 7.62. The lowest BCUT2D eigenvalue weighted by molar-refractivity contribution is -0.125. The molecule has 3 aliphatic rings. The van der Waals surface area contributed by atoms with Gasteiger partial charge in [-0.3, -0.25) is 14.5 Å². The molecular formula is C23H26N4O4. The Bertz CT molecular complexity index is 1040. The molecule has 5 rings (SSSR count). The Balaban J connectivity index is 1.18. The molecule has 2 aromatic rings. The van der Waals surface area contributed by atoms with Gasteiger partial charge in [0, 0.05) is 44.7 Å². The third kappa shape index (κ3) is 3.77. The molecule has 2 aliphatic heterocycles. The average molecular weight is 422 g/mol. The minimum Gasteiger partial charge on any atom is -0.459 e. The lowest BCUT2D eigenvalue weighted by Crippen LogP contribution is -2.48. The van der Waals surface area contributed by atoms with Crippen LogP contribution in [0.1, 0.15) is 41.3 Å². The highest BCUT2D eigenvalue weighted by Gasteiger charge is 2.55. The number of carbonyl (C=O) groups excluding carboxylic acids is 2. The molecule has 3 N–H and O–H groups in total.